The van der Waals surface area contributed by atoms with Crippen LogP contribution >= 0.6 is 11.3 Å². The van der Waals surface area contributed by atoms with Crippen LogP contribution in [-0.2, 0) is 11.2 Å². The summed E-state index contributed by atoms with van der Waals surface area (Å²) in [6.07, 6.45) is 2.79. The predicted molar refractivity (Wildman–Crippen MR) is 108 cm³/mol. The van der Waals surface area contributed by atoms with E-state index in [1.54, 1.807) is 18.3 Å². The van der Waals surface area contributed by atoms with E-state index in [0.29, 0.717) is 36.0 Å². The van der Waals surface area contributed by atoms with Gasteiger partial charge in [0.15, 0.2) is 5.13 Å². The minimum Gasteiger partial charge on any atom is -0.477 e. The molecule has 2 aromatic heterocycles. The molecule has 2 amide bonds. The van der Waals surface area contributed by atoms with Crippen LogP contribution in [0.4, 0.5) is 10.8 Å². The molecule has 0 fully saturated rings. The first-order chi connectivity index (χ1) is 13.6. The molecule has 0 saturated carbocycles. The fourth-order valence-electron chi connectivity index (χ4n) is 2.99. The monoisotopic (exact) mass is 394 g/mol. The number of hydrogen-bond acceptors (Lipinski definition) is 6. The molecule has 7 nitrogen and oxygen atoms in total. The maximum Gasteiger partial charge on any atom is 0.262 e. The molecule has 1 aromatic carbocycles. The van der Waals surface area contributed by atoms with Crippen LogP contribution in [0.2, 0.25) is 0 Å². The van der Waals surface area contributed by atoms with Gasteiger partial charge >= 0.3 is 0 Å². The highest BCUT2D eigenvalue weighted by Gasteiger charge is 2.17. The summed E-state index contributed by atoms with van der Waals surface area (Å²) in [5, 5.41) is 8.07. The van der Waals surface area contributed by atoms with Crippen molar-refractivity contribution in [3.05, 3.63) is 53.0 Å². The molecule has 0 radical (unpaired) electrons. The van der Waals surface area contributed by atoms with Crippen molar-refractivity contribution in [1.82, 2.24) is 9.97 Å². The Labute approximate surface area is 165 Å². The normalized spacial score (nSPS) is 12.8. The number of fused-ring (bicyclic) bond motifs is 1. The maximum absolute atomic E-state index is 12.6. The molecule has 0 spiro atoms. The number of nitrogens with zero attached hydrogens (tertiary/aromatic N) is 2. The van der Waals surface area contributed by atoms with Gasteiger partial charge < -0.3 is 10.1 Å². The van der Waals surface area contributed by atoms with Gasteiger partial charge in [-0.05, 0) is 43.2 Å². The first-order valence-corrected chi connectivity index (χ1v) is 9.80. The Bertz CT molecular complexity index is 1050. The van der Waals surface area contributed by atoms with Gasteiger partial charge in [0.2, 0.25) is 11.8 Å². The lowest BCUT2D eigenvalue weighted by Crippen LogP contribution is -2.18. The number of anilines is 2. The number of nitrogens with one attached hydrogen (secondary N) is 2. The molecule has 0 unspecified atom stereocenters. The topological polar surface area (TPSA) is 93.2 Å². The average molecular weight is 394 g/mol. The number of amides is 2. The minimum absolute atomic E-state index is 0.0423. The highest BCUT2D eigenvalue weighted by Crippen LogP contribution is 2.31. The third-order valence-corrected chi connectivity index (χ3v) is 5.08. The highest BCUT2D eigenvalue weighted by atomic mass is 32.1. The van der Waals surface area contributed by atoms with Gasteiger partial charge in [-0.25, -0.2) is 9.97 Å². The van der Waals surface area contributed by atoms with Gasteiger partial charge in [-0.3, -0.25) is 14.9 Å². The summed E-state index contributed by atoms with van der Waals surface area (Å²) in [4.78, 5) is 32.7. The van der Waals surface area contributed by atoms with Crippen LogP contribution in [0.1, 0.15) is 29.3 Å². The number of rotatable bonds is 5. The Balaban J connectivity index is 1.52. The zero-order chi connectivity index (χ0) is 19.5. The van der Waals surface area contributed by atoms with Crippen LogP contribution < -0.4 is 15.4 Å². The standard InChI is InChI=1S/C20H18N4O3S/c1-2-27-19-14(4-3-9-21-19)18(26)24-20-23-16(11-28-20)13-5-7-15-12(10-13)6-8-17(25)22-15/h3-5,7,9-11H,2,6,8H2,1H3,(H,22,25)(H,23,24,26). The molecule has 1 aliphatic rings. The van der Waals surface area contributed by atoms with Crippen LogP contribution in [0, 0.1) is 0 Å². The van der Waals surface area contributed by atoms with Crippen molar-refractivity contribution >= 4 is 34.0 Å². The third-order valence-electron chi connectivity index (χ3n) is 4.32. The summed E-state index contributed by atoms with van der Waals surface area (Å²) in [6, 6.07) is 9.20. The van der Waals surface area contributed by atoms with Crippen LogP contribution in [0.3, 0.4) is 0 Å². The van der Waals surface area contributed by atoms with Gasteiger partial charge in [-0.1, -0.05) is 6.07 Å². The maximum atomic E-state index is 12.6. The number of benzene rings is 1. The molecule has 8 heteroatoms. The highest BCUT2D eigenvalue weighted by molar-refractivity contribution is 7.14. The number of carbonyl (C=O) groups is 2. The summed E-state index contributed by atoms with van der Waals surface area (Å²) in [5.41, 5.74) is 4.03. The molecule has 0 saturated heterocycles. The van der Waals surface area contributed by atoms with E-state index in [0.717, 1.165) is 22.5 Å². The quantitative estimate of drug-likeness (QED) is 0.688. The first kappa shape index (κ1) is 18.1. The summed E-state index contributed by atoms with van der Waals surface area (Å²) in [6.45, 7) is 2.27. The van der Waals surface area contributed by atoms with Crippen molar-refractivity contribution in [2.45, 2.75) is 19.8 Å². The average Bonchev–Trinajstić information content (AvgIpc) is 3.16. The number of aryl methyl sites for hydroxylation is 1. The number of aromatic nitrogens is 2. The SMILES string of the molecule is CCOc1ncccc1C(=O)Nc1nc(-c2ccc3c(c2)CCC(=O)N3)cs1. The zero-order valence-corrected chi connectivity index (χ0v) is 16.0. The Kier molecular flexibility index (Phi) is 5.03. The van der Waals surface area contributed by atoms with Gasteiger partial charge in [0.25, 0.3) is 5.91 Å². The van der Waals surface area contributed by atoms with E-state index in [9.17, 15) is 9.59 Å². The van der Waals surface area contributed by atoms with Gasteiger partial charge in [0, 0.05) is 29.2 Å². The Morgan fingerprint density at radius 3 is 3.07 bits per heavy atom. The second-order valence-corrected chi connectivity index (χ2v) is 7.06. The Morgan fingerprint density at radius 2 is 2.21 bits per heavy atom. The minimum atomic E-state index is -0.314. The second kappa shape index (κ2) is 7.77. The molecular weight excluding hydrogens is 376 g/mol. The molecule has 3 heterocycles. The van der Waals surface area contributed by atoms with Crippen LogP contribution in [0.5, 0.6) is 5.88 Å². The molecule has 1 aliphatic heterocycles. The largest absolute Gasteiger partial charge is 0.477 e. The number of hydrogen-bond donors (Lipinski definition) is 2. The molecule has 0 bridgehead atoms. The third kappa shape index (κ3) is 3.72. The fraction of sp³-hybridized carbons (Fsp3) is 0.200. The lowest BCUT2D eigenvalue weighted by atomic mass is 9.99. The molecule has 3 aromatic rings. The lowest BCUT2D eigenvalue weighted by molar-refractivity contribution is -0.116. The zero-order valence-electron chi connectivity index (χ0n) is 15.2. The summed E-state index contributed by atoms with van der Waals surface area (Å²) in [5.74, 6) is 0.0300. The Morgan fingerprint density at radius 1 is 1.32 bits per heavy atom. The van der Waals surface area contributed by atoms with Gasteiger partial charge in [-0.15, -0.1) is 11.3 Å². The lowest BCUT2D eigenvalue weighted by Gasteiger charge is -2.17. The van der Waals surface area contributed by atoms with Crippen molar-refractivity contribution in [1.29, 1.82) is 0 Å². The number of ether oxygens (including phenoxy) is 1. The van der Waals surface area contributed by atoms with Crippen molar-refractivity contribution in [2.24, 2.45) is 0 Å². The molecule has 142 valence electrons. The van der Waals surface area contributed by atoms with E-state index in [1.165, 1.54) is 11.3 Å². The molecule has 4 rings (SSSR count). The van der Waals surface area contributed by atoms with E-state index >= 15 is 0 Å². The number of thiazole rings is 1. The number of carbonyl (C=O) groups excluding carboxylic acids is 2. The van der Waals surface area contributed by atoms with Crippen molar-refractivity contribution in [3.8, 4) is 17.1 Å². The van der Waals surface area contributed by atoms with E-state index < -0.39 is 0 Å². The molecule has 0 atom stereocenters. The first-order valence-electron chi connectivity index (χ1n) is 8.92. The molecular formula is C20H18N4O3S. The molecule has 2 N–H and O–H groups in total. The predicted octanol–water partition coefficient (Wildman–Crippen LogP) is 3.74. The smallest absolute Gasteiger partial charge is 0.262 e. The Hall–Kier alpha value is -3.26. The number of pyridine rings is 1. The van der Waals surface area contributed by atoms with Crippen molar-refractivity contribution in [2.75, 3.05) is 17.2 Å². The van der Waals surface area contributed by atoms with Crippen LogP contribution in [-0.4, -0.2) is 28.4 Å². The molecule has 28 heavy (non-hydrogen) atoms. The summed E-state index contributed by atoms with van der Waals surface area (Å²) >= 11 is 1.35. The molecule has 0 aliphatic carbocycles. The van der Waals surface area contributed by atoms with Crippen molar-refractivity contribution < 1.29 is 14.3 Å². The van der Waals surface area contributed by atoms with Crippen molar-refractivity contribution in [3.63, 3.8) is 0 Å². The van der Waals surface area contributed by atoms with E-state index in [-0.39, 0.29) is 11.8 Å². The van der Waals surface area contributed by atoms with E-state index in [2.05, 4.69) is 20.6 Å². The van der Waals surface area contributed by atoms with Gasteiger partial charge in [0.05, 0.1) is 12.3 Å². The fourth-order valence-corrected chi connectivity index (χ4v) is 3.70. The van der Waals surface area contributed by atoms with E-state index in [1.807, 2.05) is 30.5 Å². The summed E-state index contributed by atoms with van der Waals surface area (Å²) in [7, 11) is 0. The van der Waals surface area contributed by atoms with Gasteiger partial charge in [0.1, 0.15) is 5.56 Å². The van der Waals surface area contributed by atoms with Crippen LogP contribution in [0.25, 0.3) is 11.3 Å². The van der Waals surface area contributed by atoms with Crippen LogP contribution in [0.15, 0.2) is 41.9 Å². The second-order valence-electron chi connectivity index (χ2n) is 6.20. The summed E-state index contributed by atoms with van der Waals surface area (Å²) < 4.78 is 5.41. The van der Waals surface area contributed by atoms with Gasteiger partial charge in [-0.2, -0.15) is 0 Å². The van der Waals surface area contributed by atoms with E-state index in [4.69, 9.17) is 4.74 Å².